The number of alkyl halides is 2. The van der Waals surface area contributed by atoms with Gasteiger partial charge >= 0.3 is 6.03 Å². The number of halogens is 2. The van der Waals surface area contributed by atoms with Crippen molar-refractivity contribution in [3.05, 3.63) is 29.8 Å². The molecule has 3 amide bonds. The van der Waals surface area contributed by atoms with Gasteiger partial charge in [0.05, 0.1) is 7.11 Å². The molecule has 2 N–H and O–H groups in total. The van der Waals surface area contributed by atoms with E-state index in [9.17, 15) is 9.59 Å². The van der Waals surface area contributed by atoms with Crippen LogP contribution in [0.4, 0.5) is 13.6 Å². The summed E-state index contributed by atoms with van der Waals surface area (Å²) in [5.41, 5.74) is -0.352. The number of hydrogen-bond donors (Lipinski definition) is 2. The van der Waals surface area contributed by atoms with Crippen LogP contribution in [0.3, 0.4) is 0 Å². The number of piperidine rings is 1. The van der Waals surface area contributed by atoms with E-state index in [-0.39, 0.29) is 5.41 Å². The summed E-state index contributed by atoms with van der Waals surface area (Å²) in [5.74, 6) is -1.03. The fourth-order valence-electron chi connectivity index (χ4n) is 5.73. The monoisotopic (exact) mass is 514 g/mol. The number of hydrogen-bond acceptors (Lipinski definition) is 4. The summed E-state index contributed by atoms with van der Waals surface area (Å²) in [6.45, 7) is 3.29. The van der Waals surface area contributed by atoms with E-state index in [0.717, 1.165) is 32.0 Å². The maximum Gasteiger partial charge on any atom is 0.318 e. The number of nitrogens with zero attached hydrogens (tertiary/aromatic N) is 2. The summed E-state index contributed by atoms with van der Waals surface area (Å²) in [6.07, 6.45) is 9.95. The Morgan fingerprint density at radius 3 is 2.46 bits per heavy atom. The highest BCUT2D eigenvalue weighted by Crippen LogP contribution is 2.43. The molecule has 4 aliphatic rings. The molecule has 0 aromatic heterocycles. The Balaban J connectivity index is 1.22. The SMILES string of the molecule is C#CC1(NC(=O)[C@H](CC(F)(F)Cc2ccccc2OC)NC(=O)N2CC3(CCN(C4CC4)CC3)C2)CC1. The van der Waals surface area contributed by atoms with E-state index in [4.69, 9.17) is 11.2 Å². The molecule has 1 aromatic carbocycles. The Morgan fingerprint density at radius 2 is 1.86 bits per heavy atom. The molecule has 2 aliphatic heterocycles. The van der Waals surface area contributed by atoms with Gasteiger partial charge in [-0.2, -0.15) is 0 Å². The van der Waals surface area contributed by atoms with Crippen molar-refractivity contribution >= 4 is 11.9 Å². The molecule has 2 heterocycles. The standard InChI is InChI=1S/C28H36F2N4O3/c1-3-27(10-11-27)32-24(35)22(17-28(29,30)16-20-6-4-5-7-23(20)37-2)31-25(36)34-18-26(19-34)12-14-33(15-13-26)21-8-9-21/h1,4-7,21-22H,8-19H2,2H3,(H,31,36)(H,32,35)/t22-/m0/s1. The molecule has 9 heteroatoms. The maximum absolute atomic E-state index is 15.3. The Hall–Kier alpha value is -2.86. The Bertz CT molecular complexity index is 1060. The molecule has 5 rings (SSSR count). The number of terminal acetylenes is 1. The lowest BCUT2D eigenvalue weighted by atomic mass is 9.72. The van der Waals surface area contributed by atoms with Crippen LogP contribution in [0.1, 0.15) is 50.5 Å². The van der Waals surface area contributed by atoms with Gasteiger partial charge < -0.3 is 25.2 Å². The van der Waals surface area contributed by atoms with Crippen molar-refractivity contribution in [2.45, 2.75) is 74.9 Å². The molecule has 200 valence electrons. The second-order valence-corrected chi connectivity index (χ2v) is 11.4. The summed E-state index contributed by atoms with van der Waals surface area (Å²) >= 11 is 0. The number of ether oxygens (including phenoxy) is 1. The smallest absolute Gasteiger partial charge is 0.318 e. The molecule has 0 unspecified atom stereocenters. The highest BCUT2D eigenvalue weighted by atomic mass is 19.3. The van der Waals surface area contributed by atoms with Crippen LogP contribution < -0.4 is 15.4 Å². The number of nitrogens with one attached hydrogen (secondary N) is 2. The van der Waals surface area contributed by atoms with Gasteiger partial charge in [-0.15, -0.1) is 6.42 Å². The zero-order valence-corrected chi connectivity index (χ0v) is 21.4. The van der Waals surface area contributed by atoms with Gasteiger partial charge in [0.15, 0.2) is 0 Å². The van der Waals surface area contributed by atoms with Crippen molar-refractivity contribution < 1.29 is 23.1 Å². The molecule has 1 aromatic rings. The van der Waals surface area contributed by atoms with E-state index in [2.05, 4.69) is 21.5 Å². The molecular weight excluding hydrogens is 478 g/mol. The third kappa shape index (κ3) is 5.85. The van der Waals surface area contributed by atoms with Crippen molar-refractivity contribution in [2.24, 2.45) is 5.41 Å². The molecule has 2 saturated carbocycles. The van der Waals surface area contributed by atoms with Crippen LogP contribution in [0.15, 0.2) is 24.3 Å². The van der Waals surface area contributed by atoms with Gasteiger partial charge in [-0.25, -0.2) is 13.6 Å². The van der Waals surface area contributed by atoms with Crippen LogP contribution in [-0.4, -0.2) is 78.6 Å². The van der Waals surface area contributed by atoms with Gasteiger partial charge in [0, 0.05) is 43.0 Å². The van der Waals surface area contributed by atoms with Crippen molar-refractivity contribution in [2.75, 3.05) is 33.3 Å². The van der Waals surface area contributed by atoms with Crippen molar-refractivity contribution in [1.29, 1.82) is 0 Å². The second-order valence-electron chi connectivity index (χ2n) is 11.4. The molecular formula is C28H36F2N4O3. The average molecular weight is 515 g/mol. The number of benzene rings is 1. The van der Waals surface area contributed by atoms with Crippen LogP contribution in [0.25, 0.3) is 0 Å². The number of urea groups is 1. The van der Waals surface area contributed by atoms with E-state index in [0.29, 0.717) is 37.2 Å². The second kappa shape index (κ2) is 9.79. The number of rotatable bonds is 9. The van der Waals surface area contributed by atoms with Crippen LogP contribution in [0, 0.1) is 17.8 Å². The first kappa shape index (κ1) is 25.8. The Morgan fingerprint density at radius 1 is 1.19 bits per heavy atom. The minimum Gasteiger partial charge on any atom is -0.496 e. The zero-order chi connectivity index (χ0) is 26.3. The molecule has 1 spiro atoms. The fraction of sp³-hybridized carbons (Fsp3) is 0.643. The van der Waals surface area contributed by atoms with E-state index in [1.165, 1.54) is 20.0 Å². The molecule has 7 nitrogen and oxygen atoms in total. The highest BCUT2D eigenvalue weighted by Gasteiger charge is 2.50. The molecule has 4 fully saturated rings. The van der Waals surface area contributed by atoms with Crippen LogP contribution in [0.2, 0.25) is 0 Å². The fourth-order valence-corrected chi connectivity index (χ4v) is 5.73. The predicted molar refractivity (Wildman–Crippen MR) is 135 cm³/mol. The molecule has 37 heavy (non-hydrogen) atoms. The molecule has 1 atom stereocenters. The number of methoxy groups -OCH3 is 1. The van der Waals surface area contributed by atoms with Crippen molar-refractivity contribution in [1.82, 2.24) is 20.4 Å². The molecule has 2 saturated heterocycles. The van der Waals surface area contributed by atoms with E-state index in [1.807, 2.05) is 0 Å². The highest BCUT2D eigenvalue weighted by molar-refractivity contribution is 5.88. The zero-order valence-electron chi connectivity index (χ0n) is 21.4. The number of amides is 3. The molecule has 0 bridgehead atoms. The van der Waals surface area contributed by atoms with Crippen LogP contribution >= 0.6 is 0 Å². The average Bonchev–Trinajstić information content (AvgIpc) is 3.78. The Kier molecular flexibility index (Phi) is 6.82. The lowest BCUT2D eigenvalue weighted by Crippen LogP contribution is -2.65. The Labute approximate surface area is 217 Å². The summed E-state index contributed by atoms with van der Waals surface area (Å²) in [7, 11) is 1.43. The van der Waals surface area contributed by atoms with Gasteiger partial charge in [-0.1, -0.05) is 24.1 Å². The summed E-state index contributed by atoms with van der Waals surface area (Å²) < 4.78 is 35.7. The van der Waals surface area contributed by atoms with Gasteiger partial charge in [-0.3, -0.25) is 4.79 Å². The minimum absolute atomic E-state index is 0.107. The summed E-state index contributed by atoms with van der Waals surface area (Å²) in [4.78, 5) is 30.3. The van der Waals surface area contributed by atoms with E-state index in [1.54, 1.807) is 29.2 Å². The first-order valence-corrected chi connectivity index (χ1v) is 13.2. The lowest BCUT2D eigenvalue weighted by molar-refractivity contribution is -0.126. The van der Waals surface area contributed by atoms with Crippen molar-refractivity contribution in [3.8, 4) is 18.1 Å². The normalized spacial score (nSPS) is 22.9. The number of para-hydroxylation sites is 1. The summed E-state index contributed by atoms with van der Waals surface area (Å²) in [6, 6.07) is 5.43. The maximum atomic E-state index is 15.3. The van der Waals surface area contributed by atoms with E-state index >= 15 is 8.78 Å². The van der Waals surface area contributed by atoms with Crippen LogP contribution in [0.5, 0.6) is 5.75 Å². The van der Waals surface area contributed by atoms with Gasteiger partial charge in [0.25, 0.3) is 5.92 Å². The first-order valence-electron chi connectivity index (χ1n) is 13.2. The lowest BCUT2D eigenvalue weighted by Gasteiger charge is -2.54. The van der Waals surface area contributed by atoms with Crippen LogP contribution in [-0.2, 0) is 11.2 Å². The van der Waals surface area contributed by atoms with Gasteiger partial charge in [-0.05, 0) is 57.7 Å². The minimum atomic E-state index is -3.26. The number of carbonyl (C=O) groups excluding carboxylic acids is 2. The van der Waals surface area contributed by atoms with Gasteiger partial charge in [0.1, 0.15) is 17.3 Å². The van der Waals surface area contributed by atoms with Crippen molar-refractivity contribution in [3.63, 3.8) is 0 Å². The first-order chi connectivity index (χ1) is 17.7. The molecule has 2 aliphatic carbocycles. The largest absolute Gasteiger partial charge is 0.496 e. The number of carbonyl (C=O) groups is 2. The number of likely N-dealkylation sites (tertiary alicyclic amines) is 2. The predicted octanol–water partition coefficient (Wildman–Crippen LogP) is 3.18. The topological polar surface area (TPSA) is 73.9 Å². The van der Waals surface area contributed by atoms with Gasteiger partial charge in [0.2, 0.25) is 5.91 Å². The molecule has 0 radical (unpaired) electrons. The summed E-state index contributed by atoms with van der Waals surface area (Å²) in [5, 5.41) is 5.32. The quantitative estimate of drug-likeness (QED) is 0.497. The third-order valence-electron chi connectivity index (χ3n) is 8.41. The van der Waals surface area contributed by atoms with E-state index < -0.39 is 42.3 Å². The third-order valence-corrected chi connectivity index (χ3v) is 8.41.